The zero-order chi connectivity index (χ0) is 10.1. The average Bonchev–Trinajstić information content (AvgIpc) is 2.14. The molecule has 0 aliphatic heterocycles. The van der Waals surface area contributed by atoms with E-state index in [1.54, 1.807) is 6.08 Å². The fourth-order valence-corrected chi connectivity index (χ4v) is 1.02. The highest BCUT2D eigenvalue weighted by Crippen LogP contribution is 2.08. The molecule has 0 fully saturated rings. The minimum atomic E-state index is -0.558. The van der Waals surface area contributed by atoms with Crippen LogP contribution in [0.4, 0.5) is 0 Å². The van der Waals surface area contributed by atoms with Gasteiger partial charge in [0, 0.05) is 13.2 Å². The largest absolute Gasteiger partial charge is 0.388 e. The van der Waals surface area contributed by atoms with E-state index < -0.39 is 12.4 Å². The second kappa shape index (κ2) is 8.23. The zero-order valence-electron chi connectivity index (χ0n) is 8.53. The Labute approximate surface area is 80.4 Å². The molecule has 0 aromatic carbocycles. The molecule has 1 atom stereocenters. The molecule has 0 amide bonds. The highest BCUT2D eigenvalue weighted by molar-refractivity contribution is 4.70. The molecule has 0 rings (SSSR count). The van der Waals surface area contributed by atoms with E-state index >= 15 is 0 Å². The first-order valence-electron chi connectivity index (χ1n) is 4.78. The predicted molar refractivity (Wildman–Crippen MR) is 52.5 cm³/mol. The topological polar surface area (TPSA) is 38.7 Å². The van der Waals surface area contributed by atoms with Crippen LogP contribution in [0.25, 0.3) is 0 Å². The molecule has 0 aromatic rings. The number of hydrogen-bond donors (Lipinski definition) is 1. The van der Waals surface area contributed by atoms with Crippen LogP contribution in [0, 0.1) is 0 Å². The van der Waals surface area contributed by atoms with Gasteiger partial charge in [0.15, 0.2) is 6.29 Å². The van der Waals surface area contributed by atoms with E-state index in [-0.39, 0.29) is 0 Å². The summed E-state index contributed by atoms with van der Waals surface area (Å²) in [5.41, 5.74) is 0. The van der Waals surface area contributed by atoms with Crippen molar-refractivity contribution in [2.75, 3.05) is 13.2 Å². The first-order chi connectivity index (χ1) is 6.26. The third kappa shape index (κ3) is 5.80. The van der Waals surface area contributed by atoms with Crippen LogP contribution in [0.2, 0.25) is 0 Å². The molecule has 0 aliphatic rings. The maximum Gasteiger partial charge on any atom is 0.183 e. The van der Waals surface area contributed by atoms with Crippen LogP contribution in [-0.2, 0) is 9.47 Å². The molecular formula is C10H20O3. The molecule has 0 aliphatic carbocycles. The van der Waals surface area contributed by atoms with E-state index in [2.05, 4.69) is 6.58 Å². The van der Waals surface area contributed by atoms with E-state index in [4.69, 9.17) is 9.47 Å². The van der Waals surface area contributed by atoms with Crippen LogP contribution >= 0.6 is 0 Å². The Morgan fingerprint density at radius 3 is 2.23 bits per heavy atom. The third-order valence-corrected chi connectivity index (χ3v) is 1.64. The summed E-state index contributed by atoms with van der Waals surface area (Å²) < 4.78 is 10.5. The van der Waals surface area contributed by atoms with Crippen molar-refractivity contribution in [3.8, 4) is 0 Å². The Hall–Kier alpha value is -0.380. The van der Waals surface area contributed by atoms with Gasteiger partial charge in [-0.2, -0.15) is 0 Å². The van der Waals surface area contributed by atoms with Crippen LogP contribution in [0.3, 0.4) is 0 Å². The lowest BCUT2D eigenvalue weighted by Crippen LogP contribution is -2.31. The quantitative estimate of drug-likeness (QED) is 0.465. The fourth-order valence-electron chi connectivity index (χ4n) is 1.02. The summed E-state index contributed by atoms with van der Waals surface area (Å²) in [5.74, 6) is 0. The SMILES string of the molecule is C=CCCC(O)C(OCC)OCC. The molecule has 3 heteroatoms. The van der Waals surface area contributed by atoms with Crippen molar-refractivity contribution < 1.29 is 14.6 Å². The summed E-state index contributed by atoms with van der Waals surface area (Å²) in [6, 6.07) is 0. The Kier molecular flexibility index (Phi) is 7.99. The second-order valence-electron chi connectivity index (χ2n) is 2.71. The molecule has 0 spiro atoms. The summed E-state index contributed by atoms with van der Waals surface area (Å²) in [7, 11) is 0. The third-order valence-electron chi connectivity index (χ3n) is 1.64. The van der Waals surface area contributed by atoms with Gasteiger partial charge in [0.1, 0.15) is 6.10 Å². The first kappa shape index (κ1) is 12.6. The minimum absolute atomic E-state index is 0.491. The maximum absolute atomic E-state index is 9.60. The van der Waals surface area contributed by atoms with E-state index in [1.165, 1.54) is 0 Å². The lowest BCUT2D eigenvalue weighted by molar-refractivity contribution is -0.190. The first-order valence-corrected chi connectivity index (χ1v) is 4.78. The molecule has 0 saturated carbocycles. The highest BCUT2D eigenvalue weighted by atomic mass is 16.7. The van der Waals surface area contributed by atoms with Gasteiger partial charge in [0.05, 0.1) is 0 Å². The summed E-state index contributed by atoms with van der Waals surface area (Å²) >= 11 is 0. The molecule has 1 unspecified atom stereocenters. The molecule has 78 valence electrons. The van der Waals surface area contributed by atoms with Gasteiger partial charge in [-0.1, -0.05) is 6.08 Å². The monoisotopic (exact) mass is 188 g/mol. The van der Waals surface area contributed by atoms with E-state index in [1.807, 2.05) is 13.8 Å². The molecular weight excluding hydrogens is 168 g/mol. The number of allylic oxidation sites excluding steroid dienone is 1. The van der Waals surface area contributed by atoms with Crippen LogP contribution < -0.4 is 0 Å². The summed E-state index contributed by atoms with van der Waals surface area (Å²) in [6.45, 7) is 8.46. The Morgan fingerprint density at radius 2 is 1.85 bits per heavy atom. The lowest BCUT2D eigenvalue weighted by Gasteiger charge is -2.21. The Morgan fingerprint density at radius 1 is 1.31 bits per heavy atom. The minimum Gasteiger partial charge on any atom is -0.388 e. The molecule has 0 heterocycles. The van der Waals surface area contributed by atoms with Crippen molar-refractivity contribution in [3.63, 3.8) is 0 Å². The molecule has 0 bridgehead atoms. The number of ether oxygens (including phenoxy) is 2. The van der Waals surface area contributed by atoms with Gasteiger partial charge in [-0.3, -0.25) is 0 Å². The second-order valence-corrected chi connectivity index (χ2v) is 2.71. The van der Waals surface area contributed by atoms with Crippen molar-refractivity contribution in [2.24, 2.45) is 0 Å². The zero-order valence-corrected chi connectivity index (χ0v) is 8.53. The van der Waals surface area contributed by atoms with Gasteiger partial charge < -0.3 is 14.6 Å². The summed E-state index contributed by atoms with van der Waals surface area (Å²) in [4.78, 5) is 0. The molecule has 13 heavy (non-hydrogen) atoms. The van der Waals surface area contributed by atoms with Gasteiger partial charge in [-0.25, -0.2) is 0 Å². The molecule has 0 radical (unpaired) electrons. The van der Waals surface area contributed by atoms with Gasteiger partial charge in [0.25, 0.3) is 0 Å². The summed E-state index contributed by atoms with van der Waals surface area (Å²) in [5, 5.41) is 9.60. The van der Waals surface area contributed by atoms with Crippen LogP contribution in [0.1, 0.15) is 26.7 Å². The van der Waals surface area contributed by atoms with Gasteiger partial charge in [-0.05, 0) is 26.7 Å². The van der Waals surface area contributed by atoms with Crippen molar-refractivity contribution in [3.05, 3.63) is 12.7 Å². The number of aliphatic hydroxyl groups excluding tert-OH is 1. The Bertz CT molecular complexity index is 119. The fraction of sp³-hybridized carbons (Fsp3) is 0.800. The van der Waals surface area contributed by atoms with Crippen molar-refractivity contribution >= 4 is 0 Å². The molecule has 0 aromatic heterocycles. The predicted octanol–water partition coefficient (Wildman–Crippen LogP) is 1.71. The number of rotatable bonds is 8. The van der Waals surface area contributed by atoms with Crippen LogP contribution in [0.5, 0.6) is 0 Å². The summed E-state index contributed by atoms with van der Waals surface area (Å²) in [6.07, 6.45) is 2.14. The highest BCUT2D eigenvalue weighted by Gasteiger charge is 2.18. The smallest absolute Gasteiger partial charge is 0.183 e. The van der Waals surface area contributed by atoms with Gasteiger partial charge in [0.2, 0.25) is 0 Å². The van der Waals surface area contributed by atoms with E-state index in [9.17, 15) is 5.11 Å². The van der Waals surface area contributed by atoms with E-state index in [0.29, 0.717) is 19.6 Å². The van der Waals surface area contributed by atoms with Crippen molar-refractivity contribution in [1.82, 2.24) is 0 Å². The van der Waals surface area contributed by atoms with Crippen LogP contribution in [-0.4, -0.2) is 30.7 Å². The Balaban J connectivity index is 3.78. The molecule has 3 nitrogen and oxygen atoms in total. The maximum atomic E-state index is 9.60. The number of aliphatic hydroxyl groups is 1. The lowest BCUT2D eigenvalue weighted by atomic mass is 10.2. The van der Waals surface area contributed by atoms with E-state index in [0.717, 1.165) is 6.42 Å². The van der Waals surface area contributed by atoms with Crippen LogP contribution in [0.15, 0.2) is 12.7 Å². The average molecular weight is 188 g/mol. The number of hydrogen-bond acceptors (Lipinski definition) is 3. The standard InChI is InChI=1S/C10H20O3/c1-4-7-8-9(11)10(12-5-2)13-6-3/h4,9-11H,1,5-8H2,2-3H3. The molecule has 1 N–H and O–H groups in total. The molecule has 0 saturated heterocycles. The van der Waals surface area contributed by atoms with Gasteiger partial charge in [-0.15, -0.1) is 6.58 Å². The van der Waals surface area contributed by atoms with Crippen molar-refractivity contribution in [2.45, 2.75) is 39.1 Å². The normalized spacial score (nSPS) is 13.2. The van der Waals surface area contributed by atoms with Crippen molar-refractivity contribution in [1.29, 1.82) is 0 Å². The van der Waals surface area contributed by atoms with Gasteiger partial charge >= 0.3 is 0 Å².